The molecule has 1 N–H and O–H groups in total. The molecule has 19 heavy (non-hydrogen) atoms. The molecule has 0 aliphatic rings. The van der Waals surface area contributed by atoms with Crippen molar-refractivity contribution in [3.63, 3.8) is 0 Å². The van der Waals surface area contributed by atoms with Crippen molar-refractivity contribution in [2.75, 3.05) is 11.9 Å². The summed E-state index contributed by atoms with van der Waals surface area (Å²) in [5.41, 5.74) is 1.13. The highest BCUT2D eigenvalue weighted by Crippen LogP contribution is 2.23. The first-order valence-corrected chi connectivity index (χ1v) is 7.51. The molecule has 2 aromatic rings. The van der Waals surface area contributed by atoms with Crippen molar-refractivity contribution in [3.05, 3.63) is 40.0 Å². The van der Waals surface area contributed by atoms with E-state index in [0.717, 1.165) is 30.3 Å². The van der Waals surface area contributed by atoms with E-state index in [2.05, 4.69) is 61.6 Å². The molecule has 0 saturated carbocycles. The number of anilines is 1. The van der Waals surface area contributed by atoms with E-state index in [0.29, 0.717) is 0 Å². The number of hydrogen-bond acceptors (Lipinski definition) is 4. The van der Waals surface area contributed by atoms with Crippen molar-refractivity contribution in [1.29, 1.82) is 0 Å². The Bertz CT molecular complexity index is 527. The molecule has 0 radical (unpaired) electrons. The van der Waals surface area contributed by atoms with Crippen LogP contribution in [0.5, 0.6) is 0 Å². The molecule has 4 heteroatoms. The van der Waals surface area contributed by atoms with E-state index in [-0.39, 0.29) is 5.41 Å². The average Bonchev–Trinajstić information content (AvgIpc) is 2.81. The first-order valence-electron chi connectivity index (χ1n) is 6.63. The van der Waals surface area contributed by atoms with E-state index in [4.69, 9.17) is 4.98 Å². The van der Waals surface area contributed by atoms with Crippen molar-refractivity contribution in [1.82, 2.24) is 9.97 Å². The van der Waals surface area contributed by atoms with Crippen LogP contribution in [-0.2, 0) is 11.8 Å². The van der Waals surface area contributed by atoms with E-state index in [1.807, 2.05) is 0 Å². The predicted octanol–water partition coefficient (Wildman–Crippen LogP) is 3.86. The zero-order chi connectivity index (χ0) is 13.9. The van der Waals surface area contributed by atoms with Crippen LogP contribution in [0, 0.1) is 0 Å². The third kappa shape index (κ3) is 3.77. The maximum absolute atomic E-state index is 4.72. The Balaban J connectivity index is 2.34. The van der Waals surface area contributed by atoms with Crippen LogP contribution in [0.1, 0.15) is 44.1 Å². The van der Waals surface area contributed by atoms with Crippen LogP contribution in [0.2, 0.25) is 0 Å². The molecule has 0 aliphatic carbocycles. The summed E-state index contributed by atoms with van der Waals surface area (Å²) in [6, 6.07) is 6.25. The minimum absolute atomic E-state index is 0.0390. The summed E-state index contributed by atoms with van der Waals surface area (Å²) >= 11 is 1.75. The maximum Gasteiger partial charge on any atom is 0.136 e. The Morgan fingerprint density at radius 2 is 2.05 bits per heavy atom. The Morgan fingerprint density at radius 3 is 2.63 bits per heavy atom. The maximum atomic E-state index is 4.72. The number of rotatable bonds is 4. The molecular formula is C15H21N3S. The number of nitrogens with one attached hydrogen (secondary N) is 1. The lowest BCUT2D eigenvalue weighted by Crippen LogP contribution is -2.17. The lowest BCUT2D eigenvalue weighted by Gasteiger charge is -2.19. The monoisotopic (exact) mass is 275 g/mol. The third-order valence-corrected chi connectivity index (χ3v) is 3.69. The molecule has 2 rings (SSSR count). The fraction of sp³-hybridized carbons (Fsp3) is 0.467. The standard InChI is InChI=1S/C15H21N3S/c1-5-16-13-10-12(15(2,3)4)17-14(18-13)9-11-7-6-8-19-11/h6-8,10H,5,9H2,1-4H3,(H,16,17,18). The Labute approximate surface area is 119 Å². The topological polar surface area (TPSA) is 37.8 Å². The fourth-order valence-electron chi connectivity index (χ4n) is 1.80. The summed E-state index contributed by atoms with van der Waals surface area (Å²) in [7, 11) is 0. The van der Waals surface area contributed by atoms with E-state index in [9.17, 15) is 0 Å². The highest BCUT2D eigenvalue weighted by Gasteiger charge is 2.18. The third-order valence-electron chi connectivity index (χ3n) is 2.81. The number of hydrogen-bond donors (Lipinski definition) is 1. The van der Waals surface area contributed by atoms with E-state index < -0.39 is 0 Å². The van der Waals surface area contributed by atoms with Gasteiger partial charge in [0.15, 0.2) is 0 Å². The summed E-state index contributed by atoms with van der Waals surface area (Å²) in [6.07, 6.45) is 0.806. The van der Waals surface area contributed by atoms with Crippen LogP contribution in [0.3, 0.4) is 0 Å². The van der Waals surface area contributed by atoms with Crippen molar-refractivity contribution in [2.45, 2.75) is 39.5 Å². The molecule has 0 bridgehead atoms. The zero-order valence-corrected chi connectivity index (χ0v) is 12.8. The molecule has 2 aromatic heterocycles. The van der Waals surface area contributed by atoms with Crippen LogP contribution in [0.15, 0.2) is 23.6 Å². The fourth-order valence-corrected chi connectivity index (χ4v) is 2.50. The quantitative estimate of drug-likeness (QED) is 0.920. The minimum Gasteiger partial charge on any atom is -0.370 e. The normalized spacial score (nSPS) is 11.6. The molecule has 102 valence electrons. The van der Waals surface area contributed by atoms with E-state index in [1.54, 1.807) is 11.3 Å². The van der Waals surface area contributed by atoms with Gasteiger partial charge in [-0.2, -0.15) is 0 Å². The van der Waals surface area contributed by atoms with Gasteiger partial charge in [0.2, 0.25) is 0 Å². The molecule has 0 spiro atoms. The largest absolute Gasteiger partial charge is 0.370 e. The van der Waals surface area contributed by atoms with Gasteiger partial charge in [-0.1, -0.05) is 26.8 Å². The van der Waals surface area contributed by atoms with Gasteiger partial charge >= 0.3 is 0 Å². The summed E-state index contributed by atoms with van der Waals surface area (Å²) in [5, 5.41) is 5.38. The Kier molecular flexibility index (Phi) is 4.20. The minimum atomic E-state index is 0.0390. The van der Waals surface area contributed by atoms with Crippen molar-refractivity contribution >= 4 is 17.2 Å². The van der Waals surface area contributed by atoms with Crippen LogP contribution < -0.4 is 5.32 Å². The molecule has 0 atom stereocenters. The smallest absolute Gasteiger partial charge is 0.136 e. The van der Waals surface area contributed by atoms with Crippen molar-refractivity contribution in [2.24, 2.45) is 0 Å². The van der Waals surface area contributed by atoms with Gasteiger partial charge in [0.05, 0.1) is 5.69 Å². The van der Waals surface area contributed by atoms with Crippen molar-refractivity contribution in [3.8, 4) is 0 Å². The van der Waals surface area contributed by atoms with Crippen LogP contribution in [0.25, 0.3) is 0 Å². The summed E-state index contributed by atoms with van der Waals surface area (Å²) in [4.78, 5) is 10.6. The summed E-state index contributed by atoms with van der Waals surface area (Å²) in [6.45, 7) is 9.50. The molecule has 0 aromatic carbocycles. The Morgan fingerprint density at radius 1 is 1.26 bits per heavy atom. The zero-order valence-electron chi connectivity index (χ0n) is 12.0. The van der Waals surface area contributed by atoms with Crippen LogP contribution in [-0.4, -0.2) is 16.5 Å². The van der Waals surface area contributed by atoms with Gasteiger partial charge in [0.25, 0.3) is 0 Å². The first kappa shape index (κ1) is 14.0. The van der Waals surface area contributed by atoms with Gasteiger partial charge in [-0.3, -0.25) is 0 Å². The van der Waals surface area contributed by atoms with E-state index in [1.165, 1.54) is 4.88 Å². The molecule has 0 unspecified atom stereocenters. The number of nitrogens with zero attached hydrogens (tertiary/aromatic N) is 2. The summed E-state index contributed by atoms with van der Waals surface area (Å²) in [5.74, 6) is 1.82. The van der Waals surface area contributed by atoms with Gasteiger partial charge in [-0.15, -0.1) is 11.3 Å². The number of aromatic nitrogens is 2. The molecule has 3 nitrogen and oxygen atoms in total. The molecule has 0 aliphatic heterocycles. The SMILES string of the molecule is CCNc1cc(C(C)(C)C)nc(Cc2cccs2)n1. The lowest BCUT2D eigenvalue weighted by atomic mass is 9.92. The average molecular weight is 275 g/mol. The molecule has 0 saturated heterocycles. The lowest BCUT2D eigenvalue weighted by molar-refractivity contribution is 0.563. The van der Waals surface area contributed by atoms with Crippen LogP contribution in [0.4, 0.5) is 5.82 Å². The van der Waals surface area contributed by atoms with Gasteiger partial charge in [-0.05, 0) is 18.4 Å². The van der Waals surface area contributed by atoms with Crippen LogP contribution >= 0.6 is 11.3 Å². The Hall–Kier alpha value is -1.42. The van der Waals surface area contributed by atoms with Gasteiger partial charge in [-0.25, -0.2) is 9.97 Å². The van der Waals surface area contributed by atoms with E-state index >= 15 is 0 Å². The highest BCUT2D eigenvalue weighted by molar-refractivity contribution is 7.09. The van der Waals surface area contributed by atoms with Gasteiger partial charge in [0, 0.05) is 29.3 Å². The molecular weight excluding hydrogens is 254 g/mol. The second-order valence-corrected chi connectivity index (χ2v) is 6.62. The number of thiophene rings is 1. The highest BCUT2D eigenvalue weighted by atomic mass is 32.1. The predicted molar refractivity (Wildman–Crippen MR) is 82.0 cm³/mol. The first-order chi connectivity index (χ1) is 8.99. The van der Waals surface area contributed by atoms with Crippen molar-refractivity contribution < 1.29 is 0 Å². The molecule has 0 fully saturated rings. The van der Waals surface area contributed by atoms with Gasteiger partial charge < -0.3 is 5.32 Å². The second-order valence-electron chi connectivity index (χ2n) is 5.59. The van der Waals surface area contributed by atoms with Gasteiger partial charge in [0.1, 0.15) is 11.6 Å². The summed E-state index contributed by atoms with van der Waals surface area (Å²) < 4.78 is 0. The molecule has 2 heterocycles. The second kappa shape index (κ2) is 5.70. The molecule has 0 amide bonds.